The standard InChI is InChI=1S/C19H20ClN3O4S/c20-15-5-9-17(10-6-15)28(26,27)23-11-1-2-14(12-23)19(25)22-16-7-3-13(4-8-16)18(21)24/h3-10,14H,1-2,11-12H2,(H2,21,24)(H,22,25)/t14-/m1/s1. The summed E-state index contributed by atoms with van der Waals surface area (Å²) < 4.78 is 27.0. The molecule has 1 aliphatic rings. The Hall–Kier alpha value is -2.42. The van der Waals surface area contributed by atoms with Crippen LogP contribution in [0, 0.1) is 5.92 Å². The Bertz CT molecular complexity index is 975. The molecule has 0 saturated carbocycles. The minimum Gasteiger partial charge on any atom is -0.366 e. The lowest BCUT2D eigenvalue weighted by Crippen LogP contribution is -2.43. The highest BCUT2D eigenvalue weighted by atomic mass is 35.5. The normalized spacial score (nSPS) is 17.8. The van der Waals surface area contributed by atoms with Crippen molar-refractivity contribution in [2.24, 2.45) is 11.7 Å². The van der Waals surface area contributed by atoms with Crippen LogP contribution in [-0.2, 0) is 14.8 Å². The van der Waals surface area contributed by atoms with Crippen molar-refractivity contribution in [1.82, 2.24) is 4.31 Å². The third-order valence-corrected chi connectivity index (χ3v) is 6.77. The fourth-order valence-corrected chi connectivity index (χ4v) is 4.74. The Morgan fingerprint density at radius 3 is 2.32 bits per heavy atom. The van der Waals surface area contributed by atoms with Gasteiger partial charge in [0.1, 0.15) is 0 Å². The van der Waals surface area contributed by atoms with Crippen molar-refractivity contribution in [2.75, 3.05) is 18.4 Å². The van der Waals surface area contributed by atoms with E-state index in [1.807, 2.05) is 0 Å². The highest BCUT2D eigenvalue weighted by Gasteiger charge is 2.33. The van der Waals surface area contributed by atoms with Crippen LogP contribution in [-0.4, -0.2) is 37.6 Å². The summed E-state index contributed by atoms with van der Waals surface area (Å²) in [4.78, 5) is 23.9. The first-order valence-corrected chi connectivity index (χ1v) is 10.6. The van der Waals surface area contributed by atoms with E-state index in [-0.39, 0.29) is 17.3 Å². The molecule has 0 bridgehead atoms. The van der Waals surface area contributed by atoms with Gasteiger partial charge in [-0.3, -0.25) is 9.59 Å². The van der Waals surface area contributed by atoms with Gasteiger partial charge in [-0.05, 0) is 61.4 Å². The van der Waals surface area contributed by atoms with Crippen LogP contribution in [0.25, 0.3) is 0 Å². The molecule has 148 valence electrons. The van der Waals surface area contributed by atoms with Crippen LogP contribution in [0.3, 0.4) is 0 Å². The first kappa shape index (κ1) is 20.3. The van der Waals surface area contributed by atoms with E-state index in [4.69, 9.17) is 17.3 Å². The second-order valence-corrected chi connectivity index (χ2v) is 8.96. The number of sulfonamides is 1. The molecule has 7 nitrogen and oxygen atoms in total. The molecule has 0 aromatic heterocycles. The summed E-state index contributed by atoms with van der Waals surface area (Å²) in [6.07, 6.45) is 1.18. The molecule has 0 aliphatic carbocycles. The monoisotopic (exact) mass is 421 g/mol. The summed E-state index contributed by atoms with van der Waals surface area (Å²) >= 11 is 5.83. The number of hydrogen-bond donors (Lipinski definition) is 2. The van der Waals surface area contributed by atoms with Gasteiger partial charge in [0, 0.05) is 29.4 Å². The SMILES string of the molecule is NC(=O)c1ccc(NC(=O)[C@@H]2CCCN(S(=O)(=O)c3ccc(Cl)cc3)C2)cc1. The first-order valence-electron chi connectivity index (χ1n) is 8.74. The highest BCUT2D eigenvalue weighted by molar-refractivity contribution is 7.89. The Labute approximate surface area is 168 Å². The van der Waals surface area contributed by atoms with E-state index in [2.05, 4.69) is 5.32 Å². The molecule has 0 unspecified atom stereocenters. The highest BCUT2D eigenvalue weighted by Crippen LogP contribution is 2.25. The van der Waals surface area contributed by atoms with Crippen molar-refractivity contribution in [3.05, 3.63) is 59.1 Å². The second kappa shape index (κ2) is 8.30. The molecular weight excluding hydrogens is 402 g/mol. The molecule has 28 heavy (non-hydrogen) atoms. The van der Waals surface area contributed by atoms with Crippen LogP contribution in [0.1, 0.15) is 23.2 Å². The Morgan fingerprint density at radius 2 is 1.71 bits per heavy atom. The van der Waals surface area contributed by atoms with E-state index in [0.29, 0.717) is 35.7 Å². The first-order chi connectivity index (χ1) is 13.3. The average Bonchev–Trinajstić information content (AvgIpc) is 2.69. The van der Waals surface area contributed by atoms with E-state index in [0.717, 1.165) is 0 Å². The maximum Gasteiger partial charge on any atom is 0.248 e. The minimum absolute atomic E-state index is 0.107. The van der Waals surface area contributed by atoms with Crippen LogP contribution >= 0.6 is 11.6 Å². The number of carbonyl (C=O) groups excluding carboxylic acids is 2. The molecule has 1 atom stereocenters. The number of primary amides is 1. The van der Waals surface area contributed by atoms with Gasteiger partial charge in [0.15, 0.2) is 0 Å². The number of nitrogens with zero attached hydrogens (tertiary/aromatic N) is 1. The lowest BCUT2D eigenvalue weighted by atomic mass is 9.98. The molecule has 1 saturated heterocycles. The van der Waals surface area contributed by atoms with E-state index in [1.165, 1.54) is 40.7 Å². The largest absolute Gasteiger partial charge is 0.366 e. The summed E-state index contributed by atoms with van der Waals surface area (Å²) in [5, 5.41) is 3.22. The molecule has 1 aliphatic heterocycles. The number of benzene rings is 2. The molecule has 0 spiro atoms. The minimum atomic E-state index is -3.69. The topological polar surface area (TPSA) is 110 Å². The Morgan fingerprint density at radius 1 is 1.07 bits per heavy atom. The number of rotatable bonds is 5. The molecule has 2 aromatic carbocycles. The van der Waals surface area contributed by atoms with Crippen molar-refractivity contribution in [3.63, 3.8) is 0 Å². The molecule has 3 rings (SSSR count). The predicted molar refractivity (Wildman–Crippen MR) is 107 cm³/mol. The van der Waals surface area contributed by atoms with Crippen LogP contribution in [0.15, 0.2) is 53.4 Å². The second-order valence-electron chi connectivity index (χ2n) is 6.59. The Kier molecular flexibility index (Phi) is 6.02. The smallest absolute Gasteiger partial charge is 0.248 e. The summed E-state index contributed by atoms with van der Waals surface area (Å²) in [6, 6.07) is 12.2. The number of anilines is 1. The van der Waals surface area contributed by atoms with Gasteiger partial charge in [-0.2, -0.15) is 4.31 Å². The number of halogens is 1. The number of nitrogens with two attached hydrogens (primary N) is 1. The molecule has 1 heterocycles. The molecular formula is C19H20ClN3O4S. The molecule has 2 aromatic rings. The van der Waals surface area contributed by atoms with E-state index in [1.54, 1.807) is 12.1 Å². The van der Waals surface area contributed by atoms with Gasteiger partial charge in [0.05, 0.1) is 10.8 Å². The molecule has 2 amide bonds. The molecule has 1 fully saturated rings. The van der Waals surface area contributed by atoms with Gasteiger partial charge in [-0.25, -0.2) is 8.42 Å². The van der Waals surface area contributed by atoms with Crippen molar-refractivity contribution >= 4 is 39.1 Å². The summed E-state index contributed by atoms with van der Waals surface area (Å²) in [6.45, 7) is 0.470. The lowest BCUT2D eigenvalue weighted by Gasteiger charge is -2.31. The third-order valence-electron chi connectivity index (χ3n) is 4.64. The van der Waals surface area contributed by atoms with Crippen molar-refractivity contribution in [3.8, 4) is 0 Å². The number of amides is 2. The maximum atomic E-state index is 12.8. The van der Waals surface area contributed by atoms with Crippen LogP contribution in [0.2, 0.25) is 5.02 Å². The van der Waals surface area contributed by atoms with E-state index >= 15 is 0 Å². The van der Waals surface area contributed by atoms with Gasteiger partial charge >= 0.3 is 0 Å². The number of hydrogen-bond acceptors (Lipinski definition) is 4. The predicted octanol–water partition coefficient (Wildman–Crippen LogP) is 2.48. The zero-order chi connectivity index (χ0) is 20.3. The quantitative estimate of drug-likeness (QED) is 0.772. The Balaban J connectivity index is 1.69. The van der Waals surface area contributed by atoms with Crippen LogP contribution in [0.5, 0.6) is 0 Å². The summed E-state index contributed by atoms with van der Waals surface area (Å²) in [7, 11) is -3.69. The van der Waals surface area contributed by atoms with Gasteiger partial charge < -0.3 is 11.1 Å². The van der Waals surface area contributed by atoms with E-state index in [9.17, 15) is 18.0 Å². The average molecular weight is 422 g/mol. The number of nitrogens with one attached hydrogen (secondary N) is 1. The fraction of sp³-hybridized carbons (Fsp3) is 0.263. The lowest BCUT2D eigenvalue weighted by molar-refractivity contribution is -0.120. The van der Waals surface area contributed by atoms with Gasteiger partial charge in [-0.15, -0.1) is 0 Å². The molecule has 0 radical (unpaired) electrons. The van der Waals surface area contributed by atoms with Crippen LogP contribution < -0.4 is 11.1 Å². The van der Waals surface area contributed by atoms with Gasteiger partial charge in [0.25, 0.3) is 0 Å². The molecule has 3 N–H and O–H groups in total. The van der Waals surface area contributed by atoms with Crippen LogP contribution in [0.4, 0.5) is 5.69 Å². The van der Waals surface area contributed by atoms with Crippen molar-refractivity contribution < 1.29 is 18.0 Å². The number of carbonyl (C=O) groups is 2. The summed E-state index contributed by atoms with van der Waals surface area (Å²) in [5.74, 6) is -1.28. The maximum absolute atomic E-state index is 12.8. The van der Waals surface area contributed by atoms with E-state index < -0.39 is 21.8 Å². The summed E-state index contributed by atoms with van der Waals surface area (Å²) in [5.41, 5.74) is 6.06. The van der Waals surface area contributed by atoms with Gasteiger partial charge in [0.2, 0.25) is 21.8 Å². The van der Waals surface area contributed by atoms with Gasteiger partial charge in [-0.1, -0.05) is 11.6 Å². The van der Waals surface area contributed by atoms with Crippen molar-refractivity contribution in [2.45, 2.75) is 17.7 Å². The number of piperidine rings is 1. The fourth-order valence-electron chi connectivity index (χ4n) is 3.09. The third kappa shape index (κ3) is 4.52. The molecule has 9 heteroatoms. The van der Waals surface area contributed by atoms with Crippen molar-refractivity contribution in [1.29, 1.82) is 0 Å². The zero-order valence-electron chi connectivity index (χ0n) is 15.0. The zero-order valence-corrected chi connectivity index (χ0v) is 16.5.